The van der Waals surface area contributed by atoms with Crippen LogP contribution in [0, 0.1) is 0 Å². The molecule has 0 aliphatic heterocycles. The molecule has 3 nitrogen and oxygen atoms in total. The van der Waals surface area contributed by atoms with Crippen molar-refractivity contribution in [3.63, 3.8) is 0 Å². The van der Waals surface area contributed by atoms with E-state index >= 15 is 0 Å². The number of carbonyl (C=O) groups excluding carboxylic acids is 1. The quantitative estimate of drug-likeness (QED) is 0.181. The Bertz CT molecular complexity index is 484. The second-order valence-electron chi connectivity index (χ2n) is 6.87. The molecule has 0 saturated carbocycles. The topological polar surface area (TPSA) is 46.5 Å². The van der Waals surface area contributed by atoms with Gasteiger partial charge in [-0.2, -0.15) is 35.1 Å². The van der Waals surface area contributed by atoms with Gasteiger partial charge in [0.05, 0.1) is 26.1 Å². The number of halogens is 8. The Morgan fingerprint density at radius 3 is 1.69 bits per heavy atom. The number of aliphatic hydroxyl groups excluding tert-OH is 1. The second kappa shape index (κ2) is 11.9. The minimum atomic E-state index is -6.35. The van der Waals surface area contributed by atoms with E-state index in [-0.39, 0.29) is 6.42 Å². The first-order chi connectivity index (χ1) is 13.3. The molecule has 29 heavy (non-hydrogen) atoms. The molecule has 0 radical (unpaired) electrons. The smallest absolute Gasteiger partial charge is 0.378 e. The number of carbonyl (C=O) groups is 1. The predicted octanol–water partition coefficient (Wildman–Crippen LogP) is 5.98. The number of hydrogen-bond donors (Lipinski definition) is 1. The average molecular weight is 444 g/mol. The Balaban J connectivity index is 4.85. The van der Waals surface area contributed by atoms with Gasteiger partial charge in [-0.15, -0.1) is 0 Å². The number of ether oxygens (including phenoxy) is 1. The lowest BCUT2D eigenvalue weighted by molar-refractivity contribution is -0.368. The molecule has 0 aliphatic carbocycles. The molecule has 0 aliphatic rings. The minimum absolute atomic E-state index is 0.0954. The van der Waals surface area contributed by atoms with Crippen LogP contribution >= 0.6 is 0 Å². The van der Waals surface area contributed by atoms with Gasteiger partial charge in [0, 0.05) is 6.42 Å². The van der Waals surface area contributed by atoms with Crippen LogP contribution in [0.15, 0.2) is 0 Å². The highest BCUT2D eigenvalue weighted by atomic mass is 19.4. The standard InChI is InChI=1S/C18H28F8O3/c1-2-3-4-5-6-7-8-10-15(19,20)17(23,24)18(25,26)16(21,22)11-13-29-14(28)9-12-27/h27H,2-13H2,1H3. The van der Waals surface area contributed by atoms with Crippen molar-refractivity contribution in [1.82, 2.24) is 0 Å². The molecule has 0 amide bonds. The number of aliphatic hydroxyl groups is 1. The molecule has 0 aromatic rings. The molecule has 11 heteroatoms. The Kier molecular flexibility index (Phi) is 11.4. The Hall–Kier alpha value is -1.13. The number of alkyl halides is 8. The molecule has 0 fully saturated rings. The van der Waals surface area contributed by atoms with Gasteiger partial charge in [0.2, 0.25) is 0 Å². The van der Waals surface area contributed by atoms with Crippen molar-refractivity contribution >= 4 is 5.97 Å². The van der Waals surface area contributed by atoms with E-state index in [4.69, 9.17) is 5.11 Å². The highest BCUT2D eigenvalue weighted by Crippen LogP contribution is 2.54. The van der Waals surface area contributed by atoms with E-state index in [0.717, 1.165) is 19.3 Å². The van der Waals surface area contributed by atoms with Gasteiger partial charge < -0.3 is 9.84 Å². The number of esters is 1. The van der Waals surface area contributed by atoms with Crippen LogP contribution in [0.3, 0.4) is 0 Å². The van der Waals surface area contributed by atoms with Gasteiger partial charge in [0.1, 0.15) is 0 Å². The van der Waals surface area contributed by atoms with Crippen molar-refractivity contribution in [3.05, 3.63) is 0 Å². The fourth-order valence-corrected chi connectivity index (χ4v) is 2.53. The first-order valence-electron chi connectivity index (χ1n) is 9.54. The van der Waals surface area contributed by atoms with Crippen LogP contribution in [0.1, 0.15) is 71.1 Å². The summed E-state index contributed by atoms with van der Waals surface area (Å²) in [5.41, 5.74) is 0. The van der Waals surface area contributed by atoms with E-state index in [2.05, 4.69) is 4.74 Å². The minimum Gasteiger partial charge on any atom is -0.465 e. The summed E-state index contributed by atoms with van der Waals surface area (Å²) in [4.78, 5) is 10.9. The average Bonchev–Trinajstić information content (AvgIpc) is 2.60. The Morgan fingerprint density at radius 2 is 1.21 bits per heavy atom. The van der Waals surface area contributed by atoms with E-state index in [1.807, 2.05) is 6.92 Å². The van der Waals surface area contributed by atoms with Crippen molar-refractivity contribution < 1.29 is 49.8 Å². The molecule has 1 N–H and O–H groups in total. The van der Waals surface area contributed by atoms with E-state index in [1.165, 1.54) is 0 Å². The molecule has 174 valence electrons. The zero-order chi connectivity index (χ0) is 22.8. The lowest BCUT2D eigenvalue weighted by Gasteiger charge is -2.36. The van der Waals surface area contributed by atoms with Crippen LogP contribution in [0.5, 0.6) is 0 Å². The highest BCUT2D eigenvalue weighted by molar-refractivity contribution is 5.69. The molecule has 0 heterocycles. The van der Waals surface area contributed by atoms with Crippen LogP contribution in [0.25, 0.3) is 0 Å². The van der Waals surface area contributed by atoms with Crippen LogP contribution in [-0.2, 0) is 9.53 Å². The SMILES string of the molecule is CCCCCCCCCC(F)(F)C(F)(F)C(F)(F)C(F)(F)CCOC(=O)CCO. The fraction of sp³-hybridized carbons (Fsp3) is 0.944. The summed E-state index contributed by atoms with van der Waals surface area (Å²) in [5.74, 6) is -24.7. The third-order valence-electron chi connectivity index (χ3n) is 4.40. The van der Waals surface area contributed by atoms with E-state index < -0.39 is 68.6 Å². The third-order valence-corrected chi connectivity index (χ3v) is 4.40. The van der Waals surface area contributed by atoms with Gasteiger partial charge in [-0.05, 0) is 6.42 Å². The highest BCUT2D eigenvalue weighted by Gasteiger charge is 2.79. The fourth-order valence-electron chi connectivity index (χ4n) is 2.53. The zero-order valence-corrected chi connectivity index (χ0v) is 16.3. The maximum absolute atomic E-state index is 13.7. The molecule has 0 aromatic heterocycles. The molecule has 0 spiro atoms. The summed E-state index contributed by atoms with van der Waals surface area (Å²) in [7, 11) is 0. The molecular weight excluding hydrogens is 416 g/mol. The van der Waals surface area contributed by atoms with Gasteiger partial charge in [-0.3, -0.25) is 4.79 Å². The van der Waals surface area contributed by atoms with Gasteiger partial charge in [0.25, 0.3) is 0 Å². The summed E-state index contributed by atoms with van der Waals surface area (Å²) in [6, 6.07) is 0. The van der Waals surface area contributed by atoms with Crippen LogP contribution in [-0.4, -0.2) is 48.0 Å². The van der Waals surface area contributed by atoms with E-state index in [1.54, 1.807) is 0 Å². The number of unbranched alkanes of at least 4 members (excludes halogenated alkanes) is 6. The zero-order valence-electron chi connectivity index (χ0n) is 16.3. The van der Waals surface area contributed by atoms with Crippen molar-refractivity contribution in [2.45, 2.75) is 94.8 Å². The number of hydrogen-bond acceptors (Lipinski definition) is 3. The predicted molar refractivity (Wildman–Crippen MR) is 89.7 cm³/mol. The normalized spacial score (nSPS) is 13.6. The molecule has 0 bridgehead atoms. The molecule has 0 aromatic carbocycles. The summed E-state index contributed by atoms with van der Waals surface area (Å²) in [6.07, 6.45) is -0.922. The monoisotopic (exact) mass is 444 g/mol. The lowest BCUT2D eigenvalue weighted by Crippen LogP contribution is -2.62. The lowest BCUT2D eigenvalue weighted by atomic mass is 9.93. The second-order valence-corrected chi connectivity index (χ2v) is 6.87. The van der Waals surface area contributed by atoms with Crippen molar-refractivity contribution in [1.29, 1.82) is 0 Å². The van der Waals surface area contributed by atoms with Gasteiger partial charge in [-0.1, -0.05) is 45.4 Å². The number of rotatable bonds is 16. The summed E-state index contributed by atoms with van der Waals surface area (Å²) < 4.78 is 114. The molecule has 0 unspecified atom stereocenters. The van der Waals surface area contributed by atoms with Crippen molar-refractivity contribution in [2.75, 3.05) is 13.2 Å². The maximum atomic E-state index is 13.7. The van der Waals surface area contributed by atoms with E-state index in [0.29, 0.717) is 12.8 Å². The van der Waals surface area contributed by atoms with E-state index in [9.17, 15) is 39.9 Å². The summed E-state index contributed by atoms with van der Waals surface area (Å²) >= 11 is 0. The largest absolute Gasteiger partial charge is 0.465 e. The Labute approximate surface area is 164 Å². The van der Waals surface area contributed by atoms with Crippen LogP contribution in [0.2, 0.25) is 0 Å². The van der Waals surface area contributed by atoms with Crippen molar-refractivity contribution in [3.8, 4) is 0 Å². The van der Waals surface area contributed by atoms with Crippen LogP contribution < -0.4 is 0 Å². The van der Waals surface area contributed by atoms with Gasteiger partial charge in [-0.25, -0.2) is 0 Å². The first-order valence-corrected chi connectivity index (χ1v) is 9.54. The third kappa shape index (κ3) is 7.90. The summed E-state index contributed by atoms with van der Waals surface area (Å²) in [6.45, 7) is -0.132. The molecule has 0 rings (SSSR count). The van der Waals surface area contributed by atoms with Crippen LogP contribution in [0.4, 0.5) is 35.1 Å². The maximum Gasteiger partial charge on any atom is 0.378 e. The Morgan fingerprint density at radius 1 is 0.759 bits per heavy atom. The molecular formula is C18H28F8O3. The molecule has 0 atom stereocenters. The molecule has 0 saturated heterocycles. The van der Waals surface area contributed by atoms with Gasteiger partial charge >= 0.3 is 29.7 Å². The summed E-state index contributed by atoms with van der Waals surface area (Å²) in [5, 5.41) is 8.41. The van der Waals surface area contributed by atoms with Gasteiger partial charge in [0.15, 0.2) is 0 Å². The first kappa shape index (κ1) is 27.9. The van der Waals surface area contributed by atoms with Crippen molar-refractivity contribution in [2.24, 2.45) is 0 Å².